The Bertz CT molecular complexity index is 1020. The first-order valence-electron chi connectivity index (χ1n) is 8.62. The van der Waals surface area contributed by atoms with Gasteiger partial charge in [0.05, 0.1) is 6.33 Å². The lowest BCUT2D eigenvalue weighted by Gasteiger charge is -2.26. The largest absolute Gasteiger partial charge is 0.340 e. The van der Waals surface area contributed by atoms with Gasteiger partial charge in [-0.1, -0.05) is 6.07 Å². The maximum atomic E-state index is 14.3. The van der Waals surface area contributed by atoms with E-state index in [9.17, 15) is 14.0 Å². The van der Waals surface area contributed by atoms with Crippen molar-refractivity contribution in [2.24, 2.45) is 7.05 Å². The van der Waals surface area contributed by atoms with Crippen LogP contribution >= 0.6 is 0 Å². The second kappa shape index (κ2) is 7.57. The van der Waals surface area contributed by atoms with E-state index < -0.39 is 5.82 Å². The van der Waals surface area contributed by atoms with Gasteiger partial charge in [0.15, 0.2) is 0 Å². The third-order valence-electron chi connectivity index (χ3n) is 4.30. The van der Waals surface area contributed by atoms with Crippen molar-refractivity contribution < 1.29 is 9.18 Å². The number of hydrogen-bond donors (Lipinski definition) is 1. The number of carbonyl (C=O) groups excluding carboxylic acids is 1. The van der Waals surface area contributed by atoms with E-state index in [0.717, 1.165) is 5.56 Å². The van der Waals surface area contributed by atoms with Gasteiger partial charge in [0.1, 0.15) is 11.5 Å². The maximum absolute atomic E-state index is 14.3. The fourth-order valence-corrected chi connectivity index (χ4v) is 2.87. The Balaban J connectivity index is 1.94. The Morgan fingerprint density at radius 3 is 2.70 bits per heavy atom. The molecule has 3 rings (SSSR count). The van der Waals surface area contributed by atoms with Gasteiger partial charge >= 0.3 is 0 Å². The second-order valence-electron chi connectivity index (χ2n) is 6.68. The topological polar surface area (TPSA) is 71.0 Å². The Morgan fingerprint density at radius 2 is 2.07 bits per heavy atom. The van der Waals surface area contributed by atoms with E-state index in [2.05, 4.69) is 9.97 Å². The lowest BCUT2D eigenvalue weighted by Crippen LogP contribution is -2.36. The van der Waals surface area contributed by atoms with Crippen LogP contribution in [0.25, 0.3) is 11.1 Å². The molecule has 0 aliphatic rings. The second-order valence-corrected chi connectivity index (χ2v) is 6.68. The molecule has 1 amide bonds. The van der Waals surface area contributed by atoms with Crippen LogP contribution in [0.15, 0.2) is 53.8 Å². The quantitative estimate of drug-likeness (QED) is 0.753. The maximum Gasteiger partial charge on any atom is 0.274 e. The highest BCUT2D eigenvalue weighted by atomic mass is 19.1. The van der Waals surface area contributed by atoms with Crippen LogP contribution < -0.4 is 5.56 Å². The fraction of sp³-hybridized carbons (Fsp3) is 0.250. The molecule has 2 aromatic heterocycles. The molecular formula is C20H21FN4O2. The van der Waals surface area contributed by atoms with Gasteiger partial charge in [0.25, 0.3) is 11.5 Å². The van der Waals surface area contributed by atoms with Gasteiger partial charge < -0.3 is 14.5 Å². The van der Waals surface area contributed by atoms with E-state index in [4.69, 9.17) is 0 Å². The number of halogens is 1. The van der Waals surface area contributed by atoms with Gasteiger partial charge in [-0.15, -0.1) is 0 Å². The number of nitrogens with one attached hydrogen (secondary N) is 1. The zero-order valence-corrected chi connectivity index (χ0v) is 15.4. The third kappa shape index (κ3) is 3.97. The van der Waals surface area contributed by atoms with Gasteiger partial charge in [-0.3, -0.25) is 9.59 Å². The summed E-state index contributed by atoms with van der Waals surface area (Å²) in [5, 5.41) is 0. The highest BCUT2D eigenvalue weighted by Crippen LogP contribution is 2.22. The summed E-state index contributed by atoms with van der Waals surface area (Å²) in [6, 6.07) is 7.70. The molecule has 7 heteroatoms. The van der Waals surface area contributed by atoms with Crippen molar-refractivity contribution in [3.8, 4) is 11.1 Å². The summed E-state index contributed by atoms with van der Waals surface area (Å²) in [5.41, 5.74) is 1.19. The van der Waals surface area contributed by atoms with Gasteiger partial charge in [-0.05, 0) is 43.7 Å². The smallest absolute Gasteiger partial charge is 0.274 e. The molecular weight excluding hydrogens is 347 g/mol. The Morgan fingerprint density at radius 1 is 1.30 bits per heavy atom. The molecule has 0 radical (unpaired) electrons. The molecule has 0 saturated carbocycles. The van der Waals surface area contributed by atoms with Crippen molar-refractivity contribution in [1.82, 2.24) is 19.4 Å². The SMILES string of the molecule is CC(C)N(Cc1ccc(F)c(-c2ccc[nH]c2=O)c1)C(=O)c1cn(C)cn1. The summed E-state index contributed by atoms with van der Waals surface area (Å²) in [5.74, 6) is -0.684. The van der Waals surface area contributed by atoms with Crippen LogP contribution in [0.3, 0.4) is 0 Å². The number of pyridine rings is 1. The molecule has 0 atom stereocenters. The monoisotopic (exact) mass is 368 g/mol. The van der Waals surface area contributed by atoms with Crippen molar-refractivity contribution >= 4 is 5.91 Å². The van der Waals surface area contributed by atoms with Gasteiger partial charge in [-0.2, -0.15) is 0 Å². The van der Waals surface area contributed by atoms with Crippen LogP contribution in [0.2, 0.25) is 0 Å². The summed E-state index contributed by atoms with van der Waals surface area (Å²) in [7, 11) is 1.80. The van der Waals surface area contributed by atoms with Gasteiger partial charge in [0, 0.05) is 43.2 Å². The molecule has 1 aromatic carbocycles. The van der Waals surface area contributed by atoms with Crippen molar-refractivity contribution in [2.75, 3.05) is 0 Å². The molecule has 0 spiro atoms. The number of carbonyl (C=O) groups is 1. The van der Waals surface area contributed by atoms with E-state index >= 15 is 0 Å². The Hall–Kier alpha value is -3.22. The first kappa shape index (κ1) is 18.6. The predicted molar refractivity (Wildman–Crippen MR) is 101 cm³/mol. The molecule has 0 saturated heterocycles. The summed E-state index contributed by atoms with van der Waals surface area (Å²) < 4.78 is 16.0. The minimum absolute atomic E-state index is 0.0758. The van der Waals surface area contributed by atoms with Crippen LogP contribution in [0.1, 0.15) is 29.9 Å². The molecule has 27 heavy (non-hydrogen) atoms. The lowest BCUT2D eigenvalue weighted by atomic mass is 10.0. The summed E-state index contributed by atoms with van der Waals surface area (Å²) in [6.45, 7) is 4.10. The molecule has 0 bridgehead atoms. The predicted octanol–water partition coefficient (Wildman–Crippen LogP) is 2.97. The number of benzene rings is 1. The van der Waals surface area contributed by atoms with E-state index in [-0.39, 0.29) is 35.2 Å². The number of hydrogen-bond acceptors (Lipinski definition) is 3. The van der Waals surface area contributed by atoms with Crippen molar-refractivity contribution in [1.29, 1.82) is 0 Å². The average Bonchev–Trinajstić information content (AvgIpc) is 3.07. The number of H-pyrrole nitrogens is 1. The van der Waals surface area contributed by atoms with Crippen molar-refractivity contribution in [3.05, 3.63) is 76.5 Å². The molecule has 2 heterocycles. The average molecular weight is 368 g/mol. The van der Waals surface area contributed by atoms with E-state index in [1.807, 2.05) is 13.8 Å². The number of aromatic nitrogens is 3. The molecule has 0 aliphatic carbocycles. The normalized spacial score (nSPS) is 11.0. The molecule has 140 valence electrons. The number of rotatable bonds is 5. The van der Waals surface area contributed by atoms with Crippen molar-refractivity contribution in [2.45, 2.75) is 26.4 Å². The minimum atomic E-state index is -0.484. The van der Waals surface area contributed by atoms with Crippen molar-refractivity contribution in [3.63, 3.8) is 0 Å². The molecule has 3 aromatic rings. The zero-order valence-electron chi connectivity index (χ0n) is 15.4. The molecule has 6 nitrogen and oxygen atoms in total. The van der Waals surface area contributed by atoms with Gasteiger partial charge in [0.2, 0.25) is 0 Å². The molecule has 1 N–H and O–H groups in total. The van der Waals surface area contributed by atoms with Crippen LogP contribution in [-0.4, -0.2) is 31.4 Å². The summed E-state index contributed by atoms with van der Waals surface area (Å²) in [4.78, 5) is 33.1. The minimum Gasteiger partial charge on any atom is -0.340 e. The first-order chi connectivity index (χ1) is 12.9. The number of aromatic amines is 1. The van der Waals surface area contributed by atoms with E-state index in [1.165, 1.54) is 12.3 Å². The lowest BCUT2D eigenvalue weighted by molar-refractivity contribution is 0.0684. The Kier molecular flexibility index (Phi) is 5.21. The summed E-state index contributed by atoms with van der Waals surface area (Å²) >= 11 is 0. The third-order valence-corrected chi connectivity index (χ3v) is 4.30. The van der Waals surface area contributed by atoms with Crippen LogP contribution in [-0.2, 0) is 13.6 Å². The zero-order chi connectivity index (χ0) is 19.6. The standard InChI is InChI=1S/C20H21FN4O2/c1-13(2)25(20(27)18-11-24(3)12-23-18)10-14-6-7-17(21)16(9-14)15-5-4-8-22-19(15)26/h4-9,11-13H,10H2,1-3H3,(H,22,26). The highest BCUT2D eigenvalue weighted by molar-refractivity contribution is 5.92. The van der Waals surface area contributed by atoms with E-state index in [0.29, 0.717) is 5.69 Å². The van der Waals surface area contributed by atoms with Crippen LogP contribution in [0, 0.1) is 5.82 Å². The summed E-state index contributed by atoms with van der Waals surface area (Å²) in [6.07, 6.45) is 4.74. The number of imidazole rings is 1. The highest BCUT2D eigenvalue weighted by Gasteiger charge is 2.21. The van der Waals surface area contributed by atoms with Crippen LogP contribution in [0.4, 0.5) is 4.39 Å². The first-order valence-corrected chi connectivity index (χ1v) is 8.62. The van der Waals surface area contributed by atoms with E-state index in [1.54, 1.807) is 53.3 Å². The number of nitrogens with zero attached hydrogens (tertiary/aromatic N) is 3. The fourth-order valence-electron chi connectivity index (χ4n) is 2.87. The molecule has 0 aliphatic heterocycles. The molecule has 0 fully saturated rings. The Labute approximate surface area is 156 Å². The molecule has 0 unspecified atom stereocenters. The van der Waals surface area contributed by atoms with Gasteiger partial charge in [-0.25, -0.2) is 9.37 Å². The number of aryl methyl sites for hydroxylation is 1. The van der Waals surface area contributed by atoms with Crippen LogP contribution in [0.5, 0.6) is 0 Å². The number of amides is 1.